The van der Waals surface area contributed by atoms with Gasteiger partial charge in [-0.15, -0.1) is 0 Å². The maximum Gasteiger partial charge on any atom is 0.261 e. The van der Waals surface area contributed by atoms with Crippen molar-refractivity contribution >= 4 is 5.78 Å². The van der Waals surface area contributed by atoms with Gasteiger partial charge in [-0.05, 0) is 37.9 Å². The number of likely N-dealkylation sites (N-methyl/N-ethyl adjacent to an activating group) is 1. The normalized spacial score (nSPS) is 19.9. The van der Waals surface area contributed by atoms with Crippen molar-refractivity contribution in [2.45, 2.75) is 65.0 Å². The van der Waals surface area contributed by atoms with Crippen molar-refractivity contribution in [3.05, 3.63) is 33.2 Å². The van der Waals surface area contributed by atoms with Gasteiger partial charge in [-0.2, -0.15) is 0 Å². The van der Waals surface area contributed by atoms with E-state index in [1.54, 1.807) is 0 Å². The molecular weight excluding hydrogens is 276 g/mol. The van der Waals surface area contributed by atoms with E-state index >= 15 is 0 Å². The zero-order chi connectivity index (χ0) is 15.7. The standard InChI is InChI=1S/C18H26N2O2/c1-3-19-10-9-17-14(12-19)11-16(13(2)21)18(22)20(17)15-7-5-4-6-8-15/h11,15H,3-10,12H2,1-2H3. The van der Waals surface area contributed by atoms with Gasteiger partial charge in [0.2, 0.25) is 0 Å². The first-order valence-electron chi connectivity index (χ1n) is 8.62. The Hall–Kier alpha value is -1.42. The third-order valence-corrected chi connectivity index (χ3v) is 5.25. The van der Waals surface area contributed by atoms with Gasteiger partial charge in [-0.25, -0.2) is 0 Å². The smallest absolute Gasteiger partial charge is 0.261 e. The van der Waals surface area contributed by atoms with Crippen molar-refractivity contribution in [2.75, 3.05) is 13.1 Å². The molecule has 0 spiro atoms. The first kappa shape index (κ1) is 15.5. The molecule has 0 unspecified atom stereocenters. The van der Waals surface area contributed by atoms with Gasteiger partial charge in [0.25, 0.3) is 5.56 Å². The van der Waals surface area contributed by atoms with Crippen LogP contribution in [0.2, 0.25) is 0 Å². The van der Waals surface area contributed by atoms with Crippen LogP contribution in [0.5, 0.6) is 0 Å². The lowest BCUT2D eigenvalue weighted by Crippen LogP contribution is -2.39. The highest BCUT2D eigenvalue weighted by Crippen LogP contribution is 2.30. The van der Waals surface area contributed by atoms with Crippen LogP contribution in [-0.2, 0) is 13.0 Å². The minimum Gasteiger partial charge on any atom is -0.309 e. The third-order valence-electron chi connectivity index (χ3n) is 5.25. The number of fused-ring (bicyclic) bond motifs is 1. The Bertz CT molecular complexity index is 627. The second kappa shape index (κ2) is 6.37. The molecule has 1 aliphatic heterocycles. The van der Waals surface area contributed by atoms with E-state index in [4.69, 9.17) is 0 Å². The summed E-state index contributed by atoms with van der Waals surface area (Å²) in [6.07, 6.45) is 6.72. The fraction of sp³-hybridized carbons (Fsp3) is 0.667. The topological polar surface area (TPSA) is 42.3 Å². The molecule has 120 valence electrons. The van der Waals surface area contributed by atoms with Crippen LogP contribution < -0.4 is 5.56 Å². The molecular formula is C18H26N2O2. The number of carbonyl (C=O) groups is 1. The Morgan fingerprint density at radius 2 is 2.00 bits per heavy atom. The molecule has 1 aromatic rings. The number of aromatic nitrogens is 1. The summed E-state index contributed by atoms with van der Waals surface area (Å²) in [6.45, 7) is 6.55. The maximum absolute atomic E-state index is 12.9. The first-order valence-corrected chi connectivity index (χ1v) is 8.62. The quantitative estimate of drug-likeness (QED) is 0.806. The molecule has 0 aromatic carbocycles. The van der Waals surface area contributed by atoms with Gasteiger partial charge in [-0.3, -0.25) is 14.5 Å². The number of rotatable bonds is 3. The van der Waals surface area contributed by atoms with Crippen LogP contribution in [0.3, 0.4) is 0 Å². The van der Waals surface area contributed by atoms with Gasteiger partial charge in [0.05, 0.1) is 5.56 Å². The van der Waals surface area contributed by atoms with Crippen molar-refractivity contribution in [3.8, 4) is 0 Å². The molecule has 0 amide bonds. The summed E-state index contributed by atoms with van der Waals surface area (Å²) in [5.41, 5.74) is 2.69. The SMILES string of the molecule is CCN1CCc2c(cc(C(C)=O)c(=O)n2C2CCCCC2)C1. The maximum atomic E-state index is 12.9. The van der Waals surface area contributed by atoms with E-state index in [1.165, 1.54) is 37.4 Å². The molecule has 2 aliphatic rings. The van der Waals surface area contributed by atoms with E-state index in [0.717, 1.165) is 38.9 Å². The van der Waals surface area contributed by atoms with Crippen molar-refractivity contribution in [2.24, 2.45) is 0 Å². The summed E-state index contributed by atoms with van der Waals surface area (Å²) in [4.78, 5) is 27.1. The second-order valence-corrected chi connectivity index (χ2v) is 6.67. The highest BCUT2D eigenvalue weighted by molar-refractivity contribution is 5.93. The van der Waals surface area contributed by atoms with E-state index in [-0.39, 0.29) is 11.3 Å². The lowest BCUT2D eigenvalue weighted by atomic mass is 9.92. The van der Waals surface area contributed by atoms with E-state index in [9.17, 15) is 9.59 Å². The van der Waals surface area contributed by atoms with Crippen LogP contribution in [-0.4, -0.2) is 28.3 Å². The molecule has 1 aromatic heterocycles. The molecule has 4 heteroatoms. The van der Waals surface area contributed by atoms with E-state index in [2.05, 4.69) is 11.8 Å². The minimum atomic E-state index is -0.106. The minimum absolute atomic E-state index is 0.0527. The van der Waals surface area contributed by atoms with E-state index < -0.39 is 0 Å². The third kappa shape index (κ3) is 2.76. The van der Waals surface area contributed by atoms with E-state index in [1.807, 2.05) is 10.6 Å². The summed E-state index contributed by atoms with van der Waals surface area (Å²) in [7, 11) is 0. The molecule has 1 aliphatic carbocycles. The predicted molar refractivity (Wildman–Crippen MR) is 87.5 cm³/mol. The average Bonchev–Trinajstić information content (AvgIpc) is 2.54. The number of pyridine rings is 1. The monoisotopic (exact) mass is 302 g/mol. The van der Waals surface area contributed by atoms with Crippen LogP contribution in [0.15, 0.2) is 10.9 Å². The molecule has 1 fully saturated rings. The molecule has 0 N–H and O–H groups in total. The number of hydrogen-bond donors (Lipinski definition) is 0. The summed E-state index contributed by atoms with van der Waals surface area (Å²) in [5.74, 6) is -0.106. The van der Waals surface area contributed by atoms with E-state index in [0.29, 0.717) is 11.6 Å². The van der Waals surface area contributed by atoms with Gasteiger partial charge in [0.15, 0.2) is 5.78 Å². The van der Waals surface area contributed by atoms with Gasteiger partial charge in [0.1, 0.15) is 0 Å². The predicted octanol–water partition coefficient (Wildman–Crippen LogP) is 2.93. The van der Waals surface area contributed by atoms with Crippen molar-refractivity contribution < 1.29 is 4.79 Å². The van der Waals surface area contributed by atoms with Crippen molar-refractivity contribution in [1.82, 2.24) is 9.47 Å². The molecule has 4 nitrogen and oxygen atoms in total. The van der Waals surface area contributed by atoms with Crippen LogP contribution in [0.4, 0.5) is 0 Å². The molecule has 1 saturated carbocycles. The number of Topliss-reactive ketones (excluding diaryl/α,β-unsaturated/α-hetero) is 1. The molecule has 22 heavy (non-hydrogen) atoms. The van der Waals surface area contributed by atoms with Crippen molar-refractivity contribution in [1.29, 1.82) is 0 Å². The van der Waals surface area contributed by atoms with Gasteiger partial charge >= 0.3 is 0 Å². The average molecular weight is 302 g/mol. The molecule has 0 atom stereocenters. The summed E-state index contributed by atoms with van der Waals surface area (Å²) < 4.78 is 2.00. The van der Waals surface area contributed by atoms with Crippen LogP contribution >= 0.6 is 0 Å². The summed E-state index contributed by atoms with van der Waals surface area (Å²) >= 11 is 0. The molecule has 0 bridgehead atoms. The number of carbonyl (C=O) groups excluding carboxylic acids is 1. The van der Waals surface area contributed by atoms with Crippen LogP contribution in [0.25, 0.3) is 0 Å². The lowest BCUT2D eigenvalue weighted by molar-refractivity contribution is 0.101. The van der Waals surface area contributed by atoms with Gasteiger partial charge in [-0.1, -0.05) is 26.2 Å². The van der Waals surface area contributed by atoms with Crippen molar-refractivity contribution in [3.63, 3.8) is 0 Å². The Balaban J connectivity index is 2.12. The van der Waals surface area contributed by atoms with Crippen LogP contribution in [0, 0.1) is 0 Å². The highest BCUT2D eigenvalue weighted by Gasteiger charge is 2.26. The Morgan fingerprint density at radius 1 is 1.27 bits per heavy atom. The van der Waals surface area contributed by atoms with Crippen LogP contribution in [0.1, 0.15) is 73.6 Å². The highest BCUT2D eigenvalue weighted by atomic mass is 16.1. The molecule has 0 radical (unpaired) electrons. The zero-order valence-electron chi connectivity index (χ0n) is 13.7. The Labute approximate surface area is 132 Å². The Morgan fingerprint density at radius 3 is 2.64 bits per heavy atom. The number of ketones is 1. The molecule has 0 saturated heterocycles. The fourth-order valence-corrected chi connectivity index (χ4v) is 3.98. The summed E-state index contributed by atoms with van der Waals surface area (Å²) in [6, 6.07) is 2.16. The number of nitrogens with zero attached hydrogens (tertiary/aromatic N) is 2. The fourth-order valence-electron chi connectivity index (χ4n) is 3.98. The molecule has 3 rings (SSSR count). The zero-order valence-corrected chi connectivity index (χ0v) is 13.7. The van der Waals surface area contributed by atoms with Gasteiger partial charge in [0, 0.05) is 31.2 Å². The first-order chi connectivity index (χ1) is 10.6. The number of hydrogen-bond acceptors (Lipinski definition) is 3. The largest absolute Gasteiger partial charge is 0.309 e. The second-order valence-electron chi connectivity index (χ2n) is 6.67. The summed E-state index contributed by atoms with van der Waals surface area (Å²) in [5, 5.41) is 0. The lowest BCUT2D eigenvalue weighted by Gasteiger charge is -2.33. The van der Waals surface area contributed by atoms with Gasteiger partial charge < -0.3 is 4.57 Å². The Kier molecular flexibility index (Phi) is 4.48. The molecule has 2 heterocycles.